The Morgan fingerprint density at radius 1 is 1.48 bits per heavy atom. The molecule has 1 aromatic heterocycles. The molecule has 1 unspecified atom stereocenters. The molecular weight excluding hydrogens is 286 g/mol. The number of nitrogen functional groups attached to an aromatic ring is 1. The summed E-state index contributed by atoms with van der Waals surface area (Å²) in [5.41, 5.74) is 5.94. The van der Waals surface area contributed by atoms with E-state index < -0.39 is 0 Å². The van der Waals surface area contributed by atoms with Crippen LogP contribution in [0, 0.1) is 0 Å². The molecule has 1 atom stereocenters. The van der Waals surface area contributed by atoms with Crippen LogP contribution in [0.5, 0.6) is 0 Å². The van der Waals surface area contributed by atoms with E-state index in [1.54, 1.807) is 0 Å². The van der Waals surface area contributed by atoms with E-state index in [9.17, 15) is 4.79 Å². The van der Waals surface area contributed by atoms with Gasteiger partial charge in [-0.15, -0.1) is 0 Å². The predicted molar refractivity (Wildman–Crippen MR) is 88.1 cm³/mol. The van der Waals surface area contributed by atoms with Crippen LogP contribution in [0.3, 0.4) is 0 Å². The average molecular weight is 311 g/mol. The number of hydrogen-bond acceptors (Lipinski definition) is 6. The lowest BCUT2D eigenvalue weighted by molar-refractivity contribution is 0.0533. The van der Waals surface area contributed by atoms with E-state index in [2.05, 4.69) is 23.7 Å². The summed E-state index contributed by atoms with van der Waals surface area (Å²) < 4.78 is 0. The van der Waals surface area contributed by atoms with Crippen molar-refractivity contribution in [3.05, 3.63) is 4.88 Å². The third-order valence-electron chi connectivity index (χ3n) is 4.10. The molecule has 1 fully saturated rings. The Kier molecular flexibility index (Phi) is 5.05. The van der Waals surface area contributed by atoms with E-state index in [0.717, 1.165) is 37.9 Å². The Morgan fingerprint density at radius 2 is 2.19 bits per heavy atom. The molecule has 0 saturated carbocycles. The number of likely N-dealkylation sites (N-methyl/N-ethyl adjacent to an activating group) is 1. The molecule has 6 nitrogen and oxygen atoms in total. The SMILES string of the molecule is CCN(C)c1nc(N)c(C(=O)N2CCN(CC)C(C)C2)s1. The van der Waals surface area contributed by atoms with Gasteiger partial charge in [0.25, 0.3) is 5.91 Å². The molecule has 21 heavy (non-hydrogen) atoms. The number of hydrogen-bond donors (Lipinski definition) is 1. The van der Waals surface area contributed by atoms with Crippen LogP contribution in [-0.4, -0.2) is 66.5 Å². The van der Waals surface area contributed by atoms with Gasteiger partial charge in [-0.2, -0.15) is 0 Å². The Labute approximate surface area is 130 Å². The van der Waals surface area contributed by atoms with Crippen LogP contribution in [0.15, 0.2) is 0 Å². The highest BCUT2D eigenvalue weighted by atomic mass is 32.1. The van der Waals surface area contributed by atoms with Gasteiger partial charge in [-0.25, -0.2) is 4.98 Å². The molecule has 7 heteroatoms. The second kappa shape index (κ2) is 6.62. The first-order chi connectivity index (χ1) is 9.97. The van der Waals surface area contributed by atoms with Crippen molar-refractivity contribution in [3.63, 3.8) is 0 Å². The molecule has 2 heterocycles. The van der Waals surface area contributed by atoms with Gasteiger partial charge in [0.1, 0.15) is 10.7 Å². The first-order valence-corrected chi connectivity index (χ1v) is 8.30. The minimum Gasteiger partial charge on any atom is -0.382 e. The normalized spacial score (nSPS) is 19.8. The van der Waals surface area contributed by atoms with E-state index in [0.29, 0.717) is 16.7 Å². The molecule has 1 amide bonds. The maximum atomic E-state index is 12.7. The third-order valence-corrected chi connectivity index (χ3v) is 5.27. The zero-order chi connectivity index (χ0) is 15.6. The lowest BCUT2D eigenvalue weighted by Crippen LogP contribution is -2.53. The van der Waals surface area contributed by atoms with E-state index >= 15 is 0 Å². The Morgan fingerprint density at radius 3 is 2.76 bits per heavy atom. The molecule has 0 spiro atoms. The molecule has 1 aliphatic heterocycles. The topological polar surface area (TPSA) is 65.7 Å². The number of rotatable bonds is 4. The lowest BCUT2D eigenvalue weighted by Gasteiger charge is -2.39. The summed E-state index contributed by atoms with van der Waals surface area (Å²) in [6.07, 6.45) is 0. The highest BCUT2D eigenvalue weighted by Crippen LogP contribution is 2.29. The number of amides is 1. The van der Waals surface area contributed by atoms with Gasteiger partial charge in [-0.05, 0) is 20.4 Å². The largest absolute Gasteiger partial charge is 0.382 e. The predicted octanol–water partition coefficient (Wildman–Crippen LogP) is 1.35. The monoisotopic (exact) mass is 311 g/mol. The standard InChI is InChI=1S/C14H25N5OS/c1-5-17(4)14-16-12(15)11(21-14)13(20)19-8-7-18(6-2)10(3)9-19/h10H,5-9,15H2,1-4H3. The van der Waals surface area contributed by atoms with Crippen molar-refractivity contribution in [1.29, 1.82) is 0 Å². The van der Waals surface area contributed by atoms with Gasteiger partial charge >= 0.3 is 0 Å². The number of nitrogens with two attached hydrogens (primary N) is 1. The van der Waals surface area contributed by atoms with Crippen LogP contribution in [0.1, 0.15) is 30.4 Å². The smallest absolute Gasteiger partial charge is 0.267 e. The van der Waals surface area contributed by atoms with Crippen LogP contribution >= 0.6 is 11.3 Å². The van der Waals surface area contributed by atoms with Crippen LogP contribution in [-0.2, 0) is 0 Å². The minimum atomic E-state index is 0.0170. The van der Waals surface area contributed by atoms with Gasteiger partial charge < -0.3 is 15.5 Å². The highest BCUT2D eigenvalue weighted by molar-refractivity contribution is 7.18. The van der Waals surface area contributed by atoms with Crippen LogP contribution < -0.4 is 10.6 Å². The first kappa shape index (κ1) is 16.0. The van der Waals surface area contributed by atoms with Crippen molar-refractivity contribution < 1.29 is 4.79 Å². The summed E-state index contributed by atoms with van der Waals surface area (Å²) in [5, 5.41) is 0.804. The summed E-state index contributed by atoms with van der Waals surface area (Å²) >= 11 is 1.39. The van der Waals surface area contributed by atoms with Gasteiger partial charge in [0.15, 0.2) is 5.13 Å². The summed E-state index contributed by atoms with van der Waals surface area (Å²) in [6.45, 7) is 10.7. The second-order valence-electron chi connectivity index (χ2n) is 5.45. The van der Waals surface area contributed by atoms with Gasteiger partial charge in [0.2, 0.25) is 0 Å². The molecule has 0 aliphatic carbocycles. The van der Waals surface area contributed by atoms with Crippen molar-refractivity contribution in [2.75, 3.05) is 50.4 Å². The number of carbonyl (C=O) groups is 1. The van der Waals surface area contributed by atoms with Crippen LogP contribution in [0.4, 0.5) is 10.9 Å². The molecule has 0 bridgehead atoms. The van der Waals surface area contributed by atoms with E-state index in [1.807, 2.05) is 23.8 Å². The lowest BCUT2D eigenvalue weighted by atomic mass is 10.2. The van der Waals surface area contributed by atoms with Crippen LogP contribution in [0.2, 0.25) is 0 Å². The number of anilines is 2. The van der Waals surface area contributed by atoms with Gasteiger partial charge in [-0.3, -0.25) is 9.69 Å². The number of piperazine rings is 1. The maximum Gasteiger partial charge on any atom is 0.267 e. The summed E-state index contributed by atoms with van der Waals surface area (Å²) in [6, 6.07) is 0.389. The van der Waals surface area contributed by atoms with Crippen molar-refractivity contribution in [1.82, 2.24) is 14.8 Å². The summed E-state index contributed by atoms with van der Waals surface area (Å²) in [4.78, 5) is 23.8. The second-order valence-corrected chi connectivity index (χ2v) is 6.43. The molecule has 1 aromatic rings. The summed E-state index contributed by atoms with van der Waals surface area (Å²) in [5.74, 6) is 0.370. The molecule has 1 saturated heterocycles. The fourth-order valence-corrected chi connectivity index (χ4v) is 3.54. The quantitative estimate of drug-likeness (QED) is 0.909. The van der Waals surface area contributed by atoms with Gasteiger partial charge in [0.05, 0.1) is 0 Å². The van der Waals surface area contributed by atoms with Crippen molar-refractivity contribution in [2.24, 2.45) is 0 Å². The van der Waals surface area contributed by atoms with E-state index in [4.69, 9.17) is 5.73 Å². The zero-order valence-electron chi connectivity index (χ0n) is 13.3. The number of nitrogens with zero attached hydrogens (tertiary/aromatic N) is 4. The fraction of sp³-hybridized carbons (Fsp3) is 0.714. The average Bonchev–Trinajstić information content (AvgIpc) is 2.87. The first-order valence-electron chi connectivity index (χ1n) is 7.48. The van der Waals surface area contributed by atoms with Crippen molar-refractivity contribution in [3.8, 4) is 0 Å². The fourth-order valence-electron chi connectivity index (χ4n) is 2.57. The molecule has 2 rings (SSSR count). The number of carbonyl (C=O) groups excluding carboxylic acids is 1. The number of aromatic nitrogens is 1. The summed E-state index contributed by atoms with van der Waals surface area (Å²) in [7, 11) is 1.95. The Hall–Kier alpha value is -1.34. The van der Waals surface area contributed by atoms with E-state index in [-0.39, 0.29) is 5.91 Å². The van der Waals surface area contributed by atoms with Crippen LogP contribution in [0.25, 0.3) is 0 Å². The maximum absolute atomic E-state index is 12.7. The Balaban J connectivity index is 2.12. The number of thiazole rings is 1. The highest BCUT2D eigenvalue weighted by Gasteiger charge is 2.29. The third kappa shape index (κ3) is 3.29. The van der Waals surface area contributed by atoms with Gasteiger partial charge in [-0.1, -0.05) is 18.3 Å². The van der Waals surface area contributed by atoms with E-state index in [1.165, 1.54) is 11.3 Å². The minimum absolute atomic E-state index is 0.0170. The van der Waals surface area contributed by atoms with Crippen molar-refractivity contribution in [2.45, 2.75) is 26.8 Å². The molecule has 2 N–H and O–H groups in total. The molecule has 0 radical (unpaired) electrons. The Bertz CT molecular complexity index is 504. The molecule has 118 valence electrons. The molecule has 0 aromatic carbocycles. The zero-order valence-corrected chi connectivity index (χ0v) is 14.1. The van der Waals surface area contributed by atoms with Gasteiger partial charge in [0, 0.05) is 39.3 Å². The molecular formula is C14H25N5OS. The van der Waals surface area contributed by atoms with Crippen molar-refractivity contribution >= 4 is 28.2 Å². The molecule has 1 aliphatic rings.